The first kappa shape index (κ1) is 20.2. The lowest BCUT2D eigenvalue weighted by Gasteiger charge is -2.00. The molecule has 0 radical (unpaired) electrons. The fourth-order valence-corrected chi connectivity index (χ4v) is 1.42. The van der Waals surface area contributed by atoms with Gasteiger partial charge in [0.2, 0.25) is 6.41 Å². The van der Waals surface area contributed by atoms with Gasteiger partial charge in [-0.2, -0.15) is 0 Å². The molecular weight excluding hydrogens is 244 g/mol. The van der Waals surface area contributed by atoms with Crippen LogP contribution in [0.4, 0.5) is 0 Å². The van der Waals surface area contributed by atoms with Gasteiger partial charge in [0.25, 0.3) is 0 Å². The maximum absolute atomic E-state index is 9.90. The van der Waals surface area contributed by atoms with Gasteiger partial charge in [0.05, 0.1) is 0 Å². The van der Waals surface area contributed by atoms with E-state index in [0.717, 1.165) is 19.4 Å². The molecule has 0 aromatic heterocycles. The Morgan fingerprint density at radius 2 is 1.58 bits per heavy atom. The van der Waals surface area contributed by atoms with E-state index >= 15 is 0 Å². The number of carbonyl (C=O) groups excluding carboxylic acids is 1. The number of carboxylic acid groups (broad SMARTS) is 1. The minimum absolute atomic E-state index is 0.731. The molecule has 0 heterocycles. The minimum Gasteiger partial charge on any atom is -0.480 e. The van der Waals surface area contributed by atoms with Crippen LogP contribution in [0.5, 0.6) is 0 Å². The molecule has 1 atom stereocenters. The van der Waals surface area contributed by atoms with E-state index < -0.39 is 12.0 Å². The zero-order valence-electron chi connectivity index (χ0n) is 12.4. The predicted molar refractivity (Wildman–Crippen MR) is 78.0 cm³/mol. The van der Waals surface area contributed by atoms with E-state index in [1.165, 1.54) is 51.9 Å². The lowest BCUT2D eigenvalue weighted by molar-refractivity contribution is -0.138. The number of hydrogen-bond donors (Lipinski definition) is 3. The summed E-state index contributed by atoms with van der Waals surface area (Å²) < 4.78 is 0. The molecule has 0 rings (SSSR count). The lowest BCUT2D eigenvalue weighted by atomic mass is 10.1. The lowest BCUT2D eigenvalue weighted by Crippen LogP contribution is -2.25. The van der Waals surface area contributed by atoms with Crippen molar-refractivity contribution in [3.8, 4) is 0 Å². The third-order valence-corrected chi connectivity index (χ3v) is 2.65. The van der Waals surface area contributed by atoms with Gasteiger partial charge in [-0.25, -0.2) is 0 Å². The standard InChI is InChI=1S/C11H23NO.C3H7NO2/c1-2-3-4-5-6-7-8-9-10-12-11-13;1-2(4)3(5)6/h11H,2-10H2,1H3,(H,12,13);2H,4H2,1H3,(H,5,6)/t;2-/m.0/s1. The number of unbranched alkanes of at least 4 members (excludes halogenated alkanes) is 7. The number of rotatable bonds is 11. The Hall–Kier alpha value is -1.10. The summed E-state index contributed by atoms with van der Waals surface area (Å²) >= 11 is 0. The molecule has 5 nitrogen and oxygen atoms in total. The van der Waals surface area contributed by atoms with E-state index in [1.54, 1.807) is 0 Å². The highest BCUT2D eigenvalue weighted by Gasteiger charge is 1.99. The molecular formula is C14H30N2O3. The van der Waals surface area contributed by atoms with Gasteiger partial charge in [-0.1, -0.05) is 51.9 Å². The first-order valence-electron chi connectivity index (χ1n) is 7.21. The Labute approximate surface area is 116 Å². The normalized spacial score (nSPS) is 11.1. The van der Waals surface area contributed by atoms with Gasteiger partial charge in [0.1, 0.15) is 6.04 Å². The van der Waals surface area contributed by atoms with Crippen LogP contribution in [0.15, 0.2) is 0 Å². The fourth-order valence-electron chi connectivity index (χ4n) is 1.42. The monoisotopic (exact) mass is 274 g/mol. The molecule has 0 aliphatic rings. The molecule has 0 saturated carbocycles. The molecule has 0 unspecified atom stereocenters. The summed E-state index contributed by atoms with van der Waals surface area (Å²) in [5, 5.41) is 10.5. The van der Waals surface area contributed by atoms with E-state index in [1.807, 2.05) is 0 Å². The highest BCUT2D eigenvalue weighted by atomic mass is 16.4. The van der Waals surface area contributed by atoms with Crippen molar-refractivity contribution in [2.45, 2.75) is 71.3 Å². The first-order chi connectivity index (χ1) is 9.06. The molecule has 0 aliphatic heterocycles. The highest BCUT2D eigenvalue weighted by molar-refractivity contribution is 5.72. The summed E-state index contributed by atoms with van der Waals surface area (Å²) in [7, 11) is 0. The molecule has 0 fully saturated rings. The Balaban J connectivity index is 0. The second-order valence-electron chi connectivity index (χ2n) is 4.67. The van der Waals surface area contributed by atoms with Crippen molar-refractivity contribution in [1.82, 2.24) is 5.32 Å². The second kappa shape index (κ2) is 16.9. The SMILES string of the molecule is CCCCCCCCCCNC=O.C[C@H](N)C(=O)O. The molecule has 0 aromatic rings. The van der Waals surface area contributed by atoms with Crippen LogP contribution >= 0.6 is 0 Å². The molecule has 0 aliphatic carbocycles. The number of aliphatic carboxylic acids is 1. The van der Waals surface area contributed by atoms with Crippen molar-refractivity contribution in [2.24, 2.45) is 5.73 Å². The molecule has 19 heavy (non-hydrogen) atoms. The van der Waals surface area contributed by atoms with Gasteiger partial charge in [0, 0.05) is 6.54 Å². The van der Waals surface area contributed by atoms with Crippen LogP contribution in [-0.4, -0.2) is 30.1 Å². The Morgan fingerprint density at radius 3 is 1.95 bits per heavy atom. The number of nitrogens with one attached hydrogen (secondary N) is 1. The molecule has 0 aromatic carbocycles. The van der Waals surface area contributed by atoms with Crippen molar-refractivity contribution >= 4 is 12.4 Å². The summed E-state index contributed by atoms with van der Waals surface area (Å²) in [5.74, 6) is -0.963. The highest BCUT2D eigenvalue weighted by Crippen LogP contribution is 2.07. The Kier molecular flexibility index (Phi) is 18.0. The van der Waals surface area contributed by atoms with Crippen LogP contribution in [0.2, 0.25) is 0 Å². The predicted octanol–water partition coefficient (Wildman–Crippen LogP) is 2.29. The maximum atomic E-state index is 9.90. The topological polar surface area (TPSA) is 92.4 Å². The number of hydrogen-bond acceptors (Lipinski definition) is 3. The summed E-state index contributed by atoms with van der Waals surface area (Å²) in [6.07, 6.45) is 11.3. The molecule has 114 valence electrons. The smallest absolute Gasteiger partial charge is 0.320 e. The summed E-state index contributed by atoms with van der Waals surface area (Å²) in [6, 6.07) is -0.731. The van der Waals surface area contributed by atoms with E-state index in [2.05, 4.69) is 12.2 Å². The van der Waals surface area contributed by atoms with Crippen LogP contribution in [0.25, 0.3) is 0 Å². The van der Waals surface area contributed by atoms with Crippen LogP contribution in [0, 0.1) is 0 Å². The molecule has 0 saturated heterocycles. The molecule has 0 bridgehead atoms. The fraction of sp³-hybridized carbons (Fsp3) is 0.857. The van der Waals surface area contributed by atoms with Crippen LogP contribution in [-0.2, 0) is 9.59 Å². The van der Waals surface area contributed by atoms with Crippen LogP contribution < -0.4 is 11.1 Å². The maximum Gasteiger partial charge on any atom is 0.320 e. The van der Waals surface area contributed by atoms with Gasteiger partial charge < -0.3 is 16.2 Å². The molecule has 1 amide bonds. The van der Waals surface area contributed by atoms with Gasteiger partial charge in [-0.15, -0.1) is 0 Å². The quantitative estimate of drug-likeness (QED) is 0.398. The average molecular weight is 274 g/mol. The third kappa shape index (κ3) is 22.5. The first-order valence-corrected chi connectivity index (χ1v) is 7.21. The van der Waals surface area contributed by atoms with Crippen LogP contribution in [0.3, 0.4) is 0 Å². The summed E-state index contributed by atoms with van der Waals surface area (Å²) in [5.41, 5.74) is 4.84. The number of carbonyl (C=O) groups is 2. The van der Waals surface area contributed by atoms with Gasteiger partial charge >= 0.3 is 5.97 Å². The van der Waals surface area contributed by atoms with E-state index in [4.69, 9.17) is 10.8 Å². The third-order valence-electron chi connectivity index (χ3n) is 2.65. The van der Waals surface area contributed by atoms with Crippen molar-refractivity contribution in [1.29, 1.82) is 0 Å². The average Bonchev–Trinajstić information content (AvgIpc) is 2.37. The molecule has 0 spiro atoms. The van der Waals surface area contributed by atoms with E-state index in [-0.39, 0.29) is 0 Å². The van der Waals surface area contributed by atoms with Crippen molar-refractivity contribution in [3.63, 3.8) is 0 Å². The van der Waals surface area contributed by atoms with Crippen molar-refractivity contribution in [2.75, 3.05) is 6.54 Å². The van der Waals surface area contributed by atoms with E-state index in [9.17, 15) is 9.59 Å². The second-order valence-corrected chi connectivity index (χ2v) is 4.67. The summed E-state index contributed by atoms with van der Waals surface area (Å²) in [6.45, 7) is 4.51. The van der Waals surface area contributed by atoms with Gasteiger partial charge in [-0.3, -0.25) is 9.59 Å². The Bertz CT molecular complexity index is 209. The zero-order chi connectivity index (χ0) is 14.9. The van der Waals surface area contributed by atoms with E-state index in [0.29, 0.717) is 0 Å². The van der Waals surface area contributed by atoms with Crippen LogP contribution in [0.1, 0.15) is 65.2 Å². The molecule has 5 heteroatoms. The Morgan fingerprint density at radius 1 is 1.16 bits per heavy atom. The number of nitrogens with two attached hydrogens (primary N) is 1. The van der Waals surface area contributed by atoms with Crippen molar-refractivity contribution < 1.29 is 14.7 Å². The number of carboxylic acids is 1. The minimum atomic E-state index is -0.963. The zero-order valence-corrected chi connectivity index (χ0v) is 12.4. The van der Waals surface area contributed by atoms with Crippen molar-refractivity contribution in [3.05, 3.63) is 0 Å². The number of amides is 1. The molecule has 4 N–H and O–H groups in total. The summed E-state index contributed by atoms with van der Waals surface area (Å²) in [4.78, 5) is 19.5. The van der Waals surface area contributed by atoms with Gasteiger partial charge in [-0.05, 0) is 13.3 Å². The van der Waals surface area contributed by atoms with Gasteiger partial charge in [0.15, 0.2) is 0 Å². The largest absolute Gasteiger partial charge is 0.480 e.